The van der Waals surface area contributed by atoms with Gasteiger partial charge in [-0.2, -0.15) is 11.8 Å². The molecule has 19 heavy (non-hydrogen) atoms. The molecule has 0 bridgehead atoms. The van der Waals surface area contributed by atoms with E-state index in [-0.39, 0.29) is 6.79 Å². The number of hydrogen-bond donors (Lipinski definition) is 2. The molecule has 7 heteroatoms. The highest BCUT2D eigenvalue weighted by Gasteiger charge is 2.17. The van der Waals surface area contributed by atoms with Gasteiger partial charge in [0.25, 0.3) is 0 Å². The second kappa shape index (κ2) is 6.47. The summed E-state index contributed by atoms with van der Waals surface area (Å²) in [5.74, 6) is 0.731. The van der Waals surface area contributed by atoms with Crippen LogP contribution in [0.5, 0.6) is 5.75 Å². The molecule has 0 unspecified atom stereocenters. The van der Waals surface area contributed by atoms with Crippen molar-refractivity contribution in [1.82, 2.24) is 0 Å². The van der Waals surface area contributed by atoms with E-state index in [1.807, 2.05) is 12.1 Å². The zero-order chi connectivity index (χ0) is 13.8. The van der Waals surface area contributed by atoms with Crippen molar-refractivity contribution in [2.45, 2.75) is 18.4 Å². The molecule has 0 spiro atoms. The fraction of sp³-hybridized carbons (Fsp3) is 0.417. The fourth-order valence-electron chi connectivity index (χ4n) is 1.73. The van der Waals surface area contributed by atoms with Crippen LogP contribution in [0.1, 0.15) is 11.1 Å². The Morgan fingerprint density at radius 2 is 2.37 bits per heavy atom. The number of rotatable bonds is 5. The Morgan fingerprint density at radius 3 is 3.11 bits per heavy atom. The highest BCUT2D eigenvalue weighted by atomic mass is 35.5. The average molecular weight is 304 g/mol. The number of carbonyl (C=O) groups is 1. The molecule has 5 nitrogen and oxygen atoms in total. The number of ether oxygens (including phenoxy) is 2. The van der Waals surface area contributed by atoms with Gasteiger partial charge in [-0.15, -0.1) is 0 Å². The molecule has 1 atom stereocenters. The first-order valence-corrected chi connectivity index (χ1v) is 7.19. The Morgan fingerprint density at radius 1 is 1.58 bits per heavy atom. The van der Waals surface area contributed by atoms with Gasteiger partial charge in [-0.05, 0) is 12.1 Å². The molecule has 1 aromatic rings. The number of halogens is 1. The number of thioether (sulfide) groups is 1. The van der Waals surface area contributed by atoms with Crippen molar-refractivity contribution >= 4 is 29.3 Å². The molecule has 3 N–H and O–H groups in total. The zero-order valence-electron chi connectivity index (χ0n) is 10.1. The number of benzene rings is 1. The quantitative estimate of drug-likeness (QED) is 0.864. The van der Waals surface area contributed by atoms with Crippen LogP contribution >= 0.6 is 23.4 Å². The van der Waals surface area contributed by atoms with Crippen molar-refractivity contribution in [2.24, 2.45) is 5.73 Å². The first-order chi connectivity index (χ1) is 9.08. The van der Waals surface area contributed by atoms with Crippen LogP contribution in [0, 0.1) is 0 Å². The Balaban J connectivity index is 2.03. The second-order valence-corrected chi connectivity index (χ2v) is 5.59. The van der Waals surface area contributed by atoms with Crippen molar-refractivity contribution < 1.29 is 19.4 Å². The Hall–Kier alpha value is -0.950. The molecule has 0 aliphatic carbocycles. The van der Waals surface area contributed by atoms with Gasteiger partial charge < -0.3 is 20.3 Å². The summed E-state index contributed by atoms with van der Waals surface area (Å²) in [5, 5.41) is 9.33. The van der Waals surface area contributed by atoms with Crippen LogP contribution in [0.4, 0.5) is 0 Å². The summed E-state index contributed by atoms with van der Waals surface area (Å²) in [5.41, 5.74) is 7.30. The average Bonchev–Trinajstić information content (AvgIpc) is 2.38. The molecule has 1 aliphatic rings. The molecule has 0 aromatic heterocycles. The summed E-state index contributed by atoms with van der Waals surface area (Å²) >= 11 is 7.47. The Kier molecular flexibility index (Phi) is 4.93. The van der Waals surface area contributed by atoms with Crippen LogP contribution in [0.25, 0.3) is 0 Å². The molecule has 0 saturated heterocycles. The minimum atomic E-state index is -0.995. The van der Waals surface area contributed by atoms with Gasteiger partial charge >= 0.3 is 5.97 Å². The molecule has 0 saturated carbocycles. The molecular formula is C12H14ClNO4S. The van der Waals surface area contributed by atoms with E-state index in [0.717, 1.165) is 16.9 Å². The van der Waals surface area contributed by atoms with Crippen molar-refractivity contribution in [3.63, 3.8) is 0 Å². The monoisotopic (exact) mass is 303 g/mol. The molecule has 0 amide bonds. The number of nitrogens with two attached hydrogens (primary N) is 1. The van der Waals surface area contributed by atoms with E-state index in [1.54, 1.807) is 0 Å². The summed E-state index contributed by atoms with van der Waals surface area (Å²) < 4.78 is 10.7. The zero-order valence-corrected chi connectivity index (χ0v) is 11.7. The normalized spacial score (nSPS) is 15.5. The lowest BCUT2D eigenvalue weighted by Gasteiger charge is -2.21. The molecule has 1 aliphatic heterocycles. The fourth-order valence-corrected chi connectivity index (χ4v) is 2.94. The third-order valence-electron chi connectivity index (χ3n) is 2.62. The van der Waals surface area contributed by atoms with Crippen LogP contribution in [0.3, 0.4) is 0 Å². The minimum Gasteiger partial charge on any atom is -0.480 e. The van der Waals surface area contributed by atoms with Crippen molar-refractivity contribution in [3.8, 4) is 5.75 Å². The molecular weight excluding hydrogens is 290 g/mol. The van der Waals surface area contributed by atoms with Gasteiger partial charge in [0.05, 0.1) is 6.61 Å². The number of fused-ring (bicyclic) bond motifs is 1. The van der Waals surface area contributed by atoms with Gasteiger partial charge in [0.15, 0.2) is 6.79 Å². The molecule has 1 aromatic carbocycles. The molecule has 1 heterocycles. The molecule has 2 rings (SSSR count). The van der Waals surface area contributed by atoms with Crippen LogP contribution < -0.4 is 10.5 Å². The maximum absolute atomic E-state index is 10.6. The topological polar surface area (TPSA) is 81.8 Å². The van der Waals surface area contributed by atoms with E-state index in [9.17, 15) is 4.79 Å². The van der Waals surface area contributed by atoms with Crippen LogP contribution in [0.15, 0.2) is 12.1 Å². The Bertz CT molecular complexity index is 483. The summed E-state index contributed by atoms with van der Waals surface area (Å²) in [6, 6.07) is 2.78. The SMILES string of the molecule is N[C@@H](CSCc1cc(Cl)cc2c1OCOC2)C(=O)O. The largest absolute Gasteiger partial charge is 0.480 e. The minimum absolute atomic E-state index is 0.223. The summed E-state index contributed by atoms with van der Waals surface area (Å²) in [6.07, 6.45) is 0. The van der Waals surface area contributed by atoms with E-state index in [0.29, 0.717) is 23.1 Å². The van der Waals surface area contributed by atoms with Gasteiger partial charge in [-0.1, -0.05) is 11.6 Å². The molecule has 104 valence electrons. The smallest absolute Gasteiger partial charge is 0.321 e. The number of carboxylic acids is 1. The lowest BCUT2D eigenvalue weighted by atomic mass is 10.1. The van der Waals surface area contributed by atoms with E-state index < -0.39 is 12.0 Å². The first kappa shape index (κ1) is 14.5. The van der Waals surface area contributed by atoms with E-state index in [1.165, 1.54) is 11.8 Å². The predicted octanol–water partition coefficient (Wildman–Crippen LogP) is 1.85. The van der Waals surface area contributed by atoms with Gasteiger partial charge in [0, 0.05) is 27.7 Å². The number of hydrogen-bond acceptors (Lipinski definition) is 5. The first-order valence-electron chi connectivity index (χ1n) is 5.66. The maximum Gasteiger partial charge on any atom is 0.321 e. The second-order valence-electron chi connectivity index (χ2n) is 4.12. The molecule has 0 fully saturated rings. The van der Waals surface area contributed by atoms with Gasteiger partial charge in [-0.25, -0.2) is 0 Å². The summed E-state index contributed by atoms with van der Waals surface area (Å²) in [7, 11) is 0. The highest BCUT2D eigenvalue weighted by Crippen LogP contribution is 2.33. The van der Waals surface area contributed by atoms with Crippen LogP contribution in [-0.2, 0) is 21.9 Å². The van der Waals surface area contributed by atoms with Gasteiger partial charge in [-0.3, -0.25) is 4.79 Å². The third kappa shape index (κ3) is 3.76. The van der Waals surface area contributed by atoms with Gasteiger partial charge in [0.1, 0.15) is 11.8 Å². The summed E-state index contributed by atoms with van der Waals surface area (Å²) in [4.78, 5) is 10.6. The van der Waals surface area contributed by atoms with Crippen LogP contribution in [-0.4, -0.2) is 29.7 Å². The lowest BCUT2D eigenvalue weighted by Crippen LogP contribution is -2.32. The van der Waals surface area contributed by atoms with E-state index in [4.69, 9.17) is 31.9 Å². The standard InChI is InChI=1S/C12H14ClNO4S/c13-9-1-7-3-17-6-18-11(7)8(2-9)4-19-5-10(14)12(15)16/h1-2,10H,3-6,14H2,(H,15,16)/t10-/m0/s1. The maximum atomic E-state index is 10.6. The van der Waals surface area contributed by atoms with Crippen molar-refractivity contribution in [2.75, 3.05) is 12.5 Å². The van der Waals surface area contributed by atoms with E-state index >= 15 is 0 Å². The summed E-state index contributed by atoms with van der Waals surface area (Å²) in [6.45, 7) is 0.698. The predicted molar refractivity (Wildman–Crippen MR) is 73.5 cm³/mol. The van der Waals surface area contributed by atoms with Crippen molar-refractivity contribution in [1.29, 1.82) is 0 Å². The van der Waals surface area contributed by atoms with Gasteiger partial charge in [0.2, 0.25) is 0 Å². The highest BCUT2D eigenvalue weighted by molar-refractivity contribution is 7.98. The number of aliphatic carboxylic acids is 1. The lowest BCUT2D eigenvalue weighted by molar-refractivity contribution is -0.137. The third-order valence-corrected chi connectivity index (χ3v) is 3.95. The van der Waals surface area contributed by atoms with Crippen LogP contribution in [0.2, 0.25) is 5.02 Å². The van der Waals surface area contributed by atoms with Crippen molar-refractivity contribution in [3.05, 3.63) is 28.3 Å². The Labute approximate surface area is 120 Å². The molecule has 0 radical (unpaired) electrons. The van der Waals surface area contributed by atoms with E-state index in [2.05, 4.69) is 0 Å². The number of carboxylic acid groups (broad SMARTS) is 1.